The number of hydrogen-bond donors (Lipinski definition) is 2. The van der Waals surface area contributed by atoms with Crippen LogP contribution in [-0.2, 0) is 10.0 Å². The van der Waals surface area contributed by atoms with Crippen LogP contribution in [0.25, 0.3) is 0 Å². The molecule has 0 saturated heterocycles. The van der Waals surface area contributed by atoms with Crippen molar-refractivity contribution in [1.82, 2.24) is 10.0 Å². The average Bonchev–Trinajstić information content (AvgIpc) is 3.05. The summed E-state index contributed by atoms with van der Waals surface area (Å²) in [4.78, 5) is 0. The molecule has 4 nitrogen and oxygen atoms in total. The van der Waals surface area contributed by atoms with Gasteiger partial charge in [-0.3, -0.25) is 0 Å². The van der Waals surface area contributed by atoms with E-state index >= 15 is 0 Å². The summed E-state index contributed by atoms with van der Waals surface area (Å²) < 4.78 is 27.0. The number of nitrogens with one attached hydrogen (secondary N) is 2. The Labute approximate surface area is 106 Å². The van der Waals surface area contributed by atoms with Crippen molar-refractivity contribution in [2.75, 3.05) is 6.54 Å². The zero-order valence-corrected chi connectivity index (χ0v) is 12.2. The molecule has 0 heterocycles. The fourth-order valence-electron chi connectivity index (χ4n) is 1.75. The molecule has 17 heavy (non-hydrogen) atoms. The molecule has 2 atom stereocenters. The third kappa shape index (κ3) is 4.94. The highest BCUT2D eigenvalue weighted by molar-refractivity contribution is 7.90. The van der Waals surface area contributed by atoms with Crippen LogP contribution in [0.5, 0.6) is 0 Å². The second-order valence-corrected chi connectivity index (χ2v) is 7.55. The van der Waals surface area contributed by atoms with Crippen LogP contribution >= 0.6 is 0 Å². The minimum absolute atomic E-state index is 0.0448. The van der Waals surface area contributed by atoms with Crippen LogP contribution in [0, 0.1) is 5.92 Å². The van der Waals surface area contributed by atoms with E-state index in [1.54, 1.807) is 6.92 Å². The van der Waals surface area contributed by atoms with Crippen LogP contribution < -0.4 is 10.0 Å². The zero-order valence-electron chi connectivity index (χ0n) is 11.4. The first kappa shape index (κ1) is 14.9. The van der Waals surface area contributed by atoms with Crippen molar-refractivity contribution in [3.8, 4) is 0 Å². The van der Waals surface area contributed by atoms with Crippen molar-refractivity contribution in [2.24, 2.45) is 5.92 Å². The van der Waals surface area contributed by atoms with E-state index in [9.17, 15) is 8.42 Å². The minimum Gasteiger partial charge on any atom is -0.313 e. The Balaban J connectivity index is 2.46. The monoisotopic (exact) mass is 262 g/mol. The molecular weight excluding hydrogens is 236 g/mol. The van der Waals surface area contributed by atoms with Gasteiger partial charge < -0.3 is 5.32 Å². The lowest BCUT2D eigenvalue weighted by molar-refractivity contribution is 0.433. The quantitative estimate of drug-likeness (QED) is 0.696. The van der Waals surface area contributed by atoms with Crippen molar-refractivity contribution < 1.29 is 8.42 Å². The molecule has 1 aliphatic rings. The number of rotatable bonds is 8. The van der Waals surface area contributed by atoms with Crippen molar-refractivity contribution in [3.05, 3.63) is 0 Å². The molecule has 0 bridgehead atoms. The van der Waals surface area contributed by atoms with Gasteiger partial charge in [0.05, 0.1) is 5.25 Å². The molecule has 1 saturated carbocycles. The van der Waals surface area contributed by atoms with E-state index in [1.165, 1.54) is 12.8 Å². The Bertz CT molecular complexity index is 323. The van der Waals surface area contributed by atoms with Crippen LogP contribution in [0.1, 0.15) is 47.0 Å². The Hall–Kier alpha value is -0.130. The fourth-order valence-corrected chi connectivity index (χ4v) is 3.16. The zero-order chi connectivity index (χ0) is 13.1. The van der Waals surface area contributed by atoms with Gasteiger partial charge in [-0.25, -0.2) is 13.1 Å². The molecule has 0 aliphatic heterocycles. The first-order valence-electron chi connectivity index (χ1n) is 6.61. The van der Waals surface area contributed by atoms with Gasteiger partial charge in [0, 0.05) is 18.6 Å². The van der Waals surface area contributed by atoms with Gasteiger partial charge in [-0.2, -0.15) is 0 Å². The number of hydrogen-bond acceptors (Lipinski definition) is 3. The van der Waals surface area contributed by atoms with Gasteiger partial charge >= 0.3 is 0 Å². The average molecular weight is 262 g/mol. The highest BCUT2D eigenvalue weighted by atomic mass is 32.2. The predicted octanol–water partition coefficient (Wildman–Crippen LogP) is 1.48. The van der Waals surface area contributed by atoms with Crippen LogP contribution in [0.2, 0.25) is 0 Å². The van der Waals surface area contributed by atoms with E-state index in [1.807, 2.05) is 20.8 Å². The van der Waals surface area contributed by atoms with Gasteiger partial charge in [0.2, 0.25) is 10.0 Å². The maximum absolute atomic E-state index is 12.1. The van der Waals surface area contributed by atoms with Gasteiger partial charge in [-0.1, -0.05) is 20.8 Å². The summed E-state index contributed by atoms with van der Waals surface area (Å²) in [6.07, 6.45) is 3.20. The predicted molar refractivity (Wildman–Crippen MR) is 71.5 cm³/mol. The largest absolute Gasteiger partial charge is 0.313 e. The highest BCUT2D eigenvalue weighted by Crippen LogP contribution is 2.19. The minimum atomic E-state index is -3.20. The second-order valence-electron chi connectivity index (χ2n) is 5.41. The van der Waals surface area contributed by atoms with E-state index in [-0.39, 0.29) is 11.3 Å². The molecule has 102 valence electrons. The SMILES string of the molecule is CCC(NS(=O)(=O)C(C)CNC1CC1)C(C)C. The van der Waals surface area contributed by atoms with E-state index < -0.39 is 10.0 Å². The molecule has 0 aromatic carbocycles. The molecule has 1 rings (SSSR count). The van der Waals surface area contributed by atoms with Gasteiger partial charge in [0.25, 0.3) is 0 Å². The molecule has 0 aromatic rings. The molecule has 0 aromatic heterocycles. The van der Waals surface area contributed by atoms with Crippen LogP contribution in [0.4, 0.5) is 0 Å². The van der Waals surface area contributed by atoms with Gasteiger partial charge in [-0.05, 0) is 32.1 Å². The molecule has 0 amide bonds. The summed E-state index contributed by atoms with van der Waals surface area (Å²) >= 11 is 0. The summed E-state index contributed by atoms with van der Waals surface area (Å²) in [5, 5.41) is 2.90. The first-order valence-corrected chi connectivity index (χ1v) is 8.16. The topological polar surface area (TPSA) is 58.2 Å². The first-order chi connectivity index (χ1) is 7.86. The maximum Gasteiger partial charge on any atom is 0.215 e. The third-order valence-electron chi connectivity index (χ3n) is 3.36. The number of sulfonamides is 1. The lowest BCUT2D eigenvalue weighted by Gasteiger charge is -2.23. The van der Waals surface area contributed by atoms with E-state index in [2.05, 4.69) is 10.0 Å². The second kappa shape index (κ2) is 6.16. The summed E-state index contributed by atoms with van der Waals surface area (Å²) in [5.41, 5.74) is 0. The summed E-state index contributed by atoms with van der Waals surface area (Å²) in [7, 11) is -3.20. The van der Waals surface area contributed by atoms with Crippen molar-refractivity contribution in [2.45, 2.75) is 64.3 Å². The lowest BCUT2D eigenvalue weighted by Crippen LogP contribution is -2.45. The molecule has 2 N–H and O–H groups in total. The molecular formula is C12H26N2O2S. The Kier molecular flexibility index (Phi) is 5.41. The maximum atomic E-state index is 12.1. The smallest absolute Gasteiger partial charge is 0.215 e. The standard InChI is InChI=1S/C12H26N2O2S/c1-5-12(9(2)3)14-17(15,16)10(4)8-13-11-6-7-11/h9-14H,5-8H2,1-4H3. The Morgan fingerprint density at radius 3 is 2.24 bits per heavy atom. The van der Waals surface area contributed by atoms with Crippen molar-refractivity contribution in [3.63, 3.8) is 0 Å². The normalized spacial score (nSPS) is 20.5. The van der Waals surface area contributed by atoms with Crippen LogP contribution in [0.15, 0.2) is 0 Å². The third-order valence-corrected chi connectivity index (χ3v) is 5.22. The summed E-state index contributed by atoms with van der Waals surface area (Å²) in [6.45, 7) is 8.42. The molecule has 2 unspecified atom stereocenters. The summed E-state index contributed by atoms with van der Waals surface area (Å²) in [6, 6.07) is 0.600. The van der Waals surface area contributed by atoms with Crippen molar-refractivity contribution in [1.29, 1.82) is 0 Å². The fraction of sp³-hybridized carbons (Fsp3) is 1.00. The van der Waals surface area contributed by atoms with Crippen LogP contribution in [0.3, 0.4) is 0 Å². The van der Waals surface area contributed by atoms with Crippen molar-refractivity contribution >= 4 is 10.0 Å². The lowest BCUT2D eigenvalue weighted by atomic mass is 10.0. The molecule has 0 spiro atoms. The van der Waals surface area contributed by atoms with E-state index in [0.29, 0.717) is 18.5 Å². The van der Waals surface area contributed by atoms with Gasteiger partial charge in [0.1, 0.15) is 0 Å². The van der Waals surface area contributed by atoms with Gasteiger partial charge in [-0.15, -0.1) is 0 Å². The van der Waals surface area contributed by atoms with E-state index in [4.69, 9.17) is 0 Å². The molecule has 5 heteroatoms. The highest BCUT2D eigenvalue weighted by Gasteiger charge is 2.27. The van der Waals surface area contributed by atoms with Gasteiger partial charge in [0.15, 0.2) is 0 Å². The summed E-state index contributed by atoms with van der Waals surface area (Å²) in [5.74, 6) is 0.332. The van der Waals surface area contributed by atoms with E-state index in [0.717, 1.165) is 6.42 Å². The Morgan fingerprint density at radius 1 is 1.24 bits per heavy atom. The molecule has 1 aliphatic carbocycles. The molecule has 1 fully saturated rings. The van der Waals surface area contributed by atoms with Crippen LogP contribution in [-0.4, -0.2) is 32.3 Å². The Morgan fingerprint density at radius 2 is 1.82 bits per heavy atom. The molecule has 0 radical (unpaired) electrons.